The quantitative estimate of drug-likeness (QED) is 0.00843. The van der Waals surface area contributed by atoms with E-state index in [1.807, 2.05) is 13.8 Å². The van der Waals surface area contributed by atoms with Gasteiger partial charge in [-0.1, -0.05) is 121 Å². The minimum atomic E-state index is -2.11. The fourth-order valence-electron chi connectivity index (χ4n) is 10.7. The lowest BCUT2D eigenvalue weighted by Crippen LogP contribution is -2.47. The van der Waals surface area contributed by atoms with E-state index in [1.165, 1.54) is 75.6 Å². The first kappa shape index (κ1) is 87.7. The number of ether oxygens (including phenoxy) is 9. The summed E-state index contributed by atoms with van der Waals surface area (Å²) in [6.45, 7) is 23.4. The van der Waals surface area contributed by atoms with E-state index in [1.54, 1.807) is 27.7 Å². The highest BCUT2D eigenvalue weighted by molar-refractivity contribution is 5.94. The SMILES string of the molecule is C=C1N=C(N)C=CN1[C@@H]1O[C@@](CO)(N=[N+]=[N-])[C@@H](OC(=O)C(C)C)[C@H]1F.C=C1N=C(N)C=CN1[C@@H]1O[C@@](CO)(N=[N+]=[N-])[C@@H](OC(=O)CC)[C@H]1F.C=C1N=C(N)C=CN1[C@@H]1O[C@@](COC(=O)C(C)C)(N=[N+]=[N-])[C@@H](O)[C@H]1F.C=C1N=C(N)C=CN1[C@@H]1O[C@@](COC(=O)CCCCC)(N=[N+]=[N-])[C@@H](OC(=O)CCCCC)[C@H]1F. The van der Waals surface area contributed by atoms with Gasteiger partial charge in [-0.15, -0.1) is 0 Å². The van der Waals surface area contributed by atoms with Crippen molar-refractivity contribution in [3.63, 3.8) is 0 Å². The third-order valence-corrected chi connectivity index (χ3v) is 16.4. The van der Waals surface area contributed by atoms with Crippen LogP contribution >= 0.6 is 0 Å². The summed E-state index contributed by atoms with van der Waals surface area (Å²) in [4.78, 5) is 90.8. The van der Waals surface area contributed by atoms with Crippen LogP contribution in [0, 0.1) is 11.8 Å². The minimum absolute atomic E-state index is 0.0250. The molecule has 8 aliphatic heterocycles. The minimum Gasteiger partial charge on any atom is -0.462 e. The Morgan fingerprint density at radius 3 is 1.17 bits per heavy atom. The molecule has 4 fully saturated rings. The van der Waals surface area contributed by atoms with Crippen molar-refractivity contribution in [1.82, 2.24) is 19.6 Å². The van der Waals surface area contributed by atoms with Gasteiger partial charge in [-0.05, 0) is 59.3 Å². The van der Waals surface area contributed by atoms with E-state index < -0.39 is 165 Å². The number of halogens is 4. The monoisotopic (exact) mass is 1530 g/mol. The molecule has 41 nitrogen and oxygen atoms in total. The van der Waals surface area contributed by atoms with E-state index in [2.05, 4.69) is 86.4 Å². The largest absolute Gasteiger partial charge is 0.462 e. The Morgan fingerprint density at radius 1 is 0.500 bits per heavy atom. The number of esters is 5. The van der Waals surface area contributed by atoms with E-state index in [9.17, 15) is 53.6 Å². The Hall–Kier alpha value is -11.0. The molecular weight excluding hydrogens is 1440 g/mol. The number of nitrogens with two attached hydrogens (primary N) is 4. The summed E-state index contributed by atoms with van der Waals surface area (Å²) in [6, 6.07) is 0. The zero-order valence-corrected chi connectivity index (χ0v) is 60.0. The topological polar surface area (TPSA) is 591 Å². The average molecular weight is 1530 g/mol. The number of unbranched alkanes of at least 4 members (excludes halogenated alkanes) is 4. The molecule has 0 aromatic heterocycles. The summed E-state index contributed by atoms with van der Waals surface area (Å²) in [6.07, 6.45) is -4.27. The second-order valence-corrected chi connectivity index (χ2v) is 24.9. The number of azide groups is 4. The molecule has 11 N–H and O–H groups in total. The number of carbonyl (C=O) groups excluding carboxylic acids is 5. The highest BCUT2D eigenvalue weighted by Crippen LogP contribution is 2.44. The first-order valence-corrected chi connectivity index (χ1v) is 33.5. The predicted octanol–water partition coefficient (Wildman–Crippen LogP) is 6.43. The average Bonchev–Trinajstić information content (AvgIpc) is 1.64. The lowest BCUT2D eigenvalue weighted by Gasteiger charge is -2.31. The van der Waals surface area contributed by atoms with Crippen LogP contribution < -0.4 is 22.9 Å². The van der Waals surface area contributed by atoms with Gasteiger partial charge in [0.15, 0.2) is 67.9 Å². The molecule has 0 unspecified atom stereocenters. The first-order chi connectivity index (χ1) is 51.1. The van der Waals surface area contributed by atoms with Crippen LogP contribution in [0.5, 0.6) is 0 Å². The fraction of sp³-hybridized carbons (Fsp3) is 0.603. The molecule has 45 heteroatoms. The van der Waals surface area contributed by atoms with Crippen LogP contribution in [0.1, 0.15) is 106 Å². The van der Waals surface area contributed by atoms with Crippen molar-refractivity contribution in [1.29, 1.82) is 0 Å². The lowest BCUT2D eigenvalue weighted by atomic mass is 10.1. The highest BCUT2D eigenvalue weighted by atomic mass is 19.1. The molecule has 0 radical (unpaired) electrons. The number of nitrogens with zero attached hydrogens (tertiary/aromatic N) is 20. The molecule has 16 atom stereocenters. The van der Waals surface area contributed by atoms with Crippen LogP contribution in [-0.2, 0) is 66.6 Å². The Bertz CT molecular complexity index is 3790. The molecule has 0 amide bonds. The van der Waals surface area contributed by atoms with Crippen molar-refractivity contribution in [2.24, 2.45) is 75.2 Å². The molecule has 0 bridgehead atoms. The number of aliphatic hydroxyl groups is 3. The molecule has 8 rings (SSSR count). The zero-order chi connectivity index (χ0) is 80.6. The normalized spacial score (nSPS) is 30.1. The maximum Gasteiger partial charge on any atom is 0.308 e. The highest BCUT2D eigenvalue weighted by Gasteiger charge is 2.64. The third-order valence-electron chi connectivity index (χ3n) is 16.4. The second kappa shape index (κ2) is 39.6. The molecule has 0 aliphatic carbocycles. The second-order valence-electron chi connectivity index (χ2n) is 24.9. The Labute approximate surface area is 615 Å². The Morgan fingerprint density at radius 2 is 0.815 bits per heavy atom. The van der Waals surface area contributed by atoms with Gasteiger partial charge in [0, 0.05) is 63.7 Å². The molecule has 590 valence electrons. The van der Waals surface area contributed by atoms with Gasteiger partial charge in [-0.3, -0.25) is 24.0 Å². The number of aliphatic imine (C=N–C) groups is 4. The van der Waals surface area contributed by atoms with Gasteiger partial charge in [0.25, 0.3) is 0 Å². The van der Waals surface area contributed by atoms with Gasteiger partial charge < -0.3 is 100 Å². The van der Waals surface area contributed by atoms with Crippen molar-refractivity contribution >= 4 is 53.2 Å². The van der Waals surface area contributed by atoms with Gasteiger partial charge in [0.05, 0.1) is 25.0 Å². The summed E-state index contributed by atoms with van der Waals surface area (Å²) >= 11 is 0. The van der Waals surface area contributed by atoms with Gasteiger partial charge in [-0.25, -0.2) is 37.5 Å². The standard InChI is InChI=1S/C22H33FN6O5.2C14H19FN6O4.C13H17FN6O4/c1-4-6-8-10-17(30)32-14-22(27-28-25)20(33-18(31)11-9-7-5-2)19(23)21(34-22)29-13-12-16(24)26-15(29)3;1-7(2)13(23)24-6-14(19-20-17)11(22)10(15)12(25-14)21-5-4-9(16)18-8(21)3;1-7(2)13(23)24-11-10(15)12(25-14(11,6-22)19-20-17)21-5-4-9(16)18-8(21)3;1-3-9(22)23-11-10(14)12(24-13(11,6-21)18-19-16)20-5-4-8(15)17-7(20)2/h12-13,19-21H,3-11,14H2,1-2H3,(H2,24,26);2*4-5,7,10-12,22H,3,6H2,1-2H3,(H2,16,18);4-5,10-12,21H,2-3,6H2,1H3,(H2,15,17)/t19-,20+,21-,22-;2*10-,11+,12-,14-;10-,11+,12-,13-/m1111/s1. The molecule has 0 aromatic rings. The number of hydrogen-bond donors (Lipinski definition) is 7. The van der Waals surface area contributed by atoms with Gasteiger partial charge in [0.1, 0.15) is 65.9 Å². The van der Waals surface area contributed by atoms with E-state index in [-0.39, 0.29) is 65.9 Å². The lowest BCUT2D eigenvalue weighted by molar-refractivity contribution is -0.178. The molecule has 0 spiro atoms. The number of hydrogen-bond acceptors (Lipinski definition) is 33. The summed E-state index contributed by atoms with van der Waals surface area (Å²) in [7, 11) is 0. The number of aliphatic hydroxyl groups excluding tert-OH is 3. The molecule has 8 aliphatic rings. The van der Waals surface area contributed by atoms with Crippen LogP contribution in [0.25, 0.3) is 41.8 Å². The van der Waals surface area contributed by atoms with Gasteiger partial charge >= 0.3 is 29.8 Å². The van der Waals surface area contributed by atoms with Gasteiger partial charge in [-0.2, -0.15) is 0 Å². The molecule has 0 saturated carbocycles. The van der Waals surface area contributed by atoms with Crippen LogP contribution in [0.3, 0.4) is 0 Å². The van der Waals surface area contributed by atoms with Crippen LogP contribution in [0.2, 0.25) is 0 Å². The van der Waals surface area contributed by atoms with Crippen molar-refractivity contribution in [2.75, 3.05) is 26.4 Å². The van der Waals surface area contributed by atoms with Crippen LogP contribution in [0.15, 0.2) is 139 Å². The number of carbonyl (C=O) groups is 5. The van der Waals surface area contributed by atoms with Crippen molar-refractivity contribution < 1.29 is 99.5 Å². The molecule has 0 aromatic carbocycles. The molecule has 108 heavy (non-hydrogen) atoms. The van der Waals surface area contributed by atoms with Crippen LogP contribution in [-0.4, -0.2) is 211 Å². The Kier molecular flexibility index (Phi) is 32.1. The number of amidine groups is 4. The first-order valence-electron chi connectivity index (χ1n) is 33.5. The van der Waals surface area contributed by atoms with Crippen molar-refractivity contribution in [3.05, 3.63) is 140 Å². The van der Waals surface area contributed by atoms with Gasteiger partial charge in [0.2, 0.25) is 22.9 Å². The predicted molar refractivity (Wildman–Crippen MR) is 374 cm³/mol. The maximum atomic E-state index is 15.7. The van der Waals surface area contributed by atoms with Crippen LogP contribution in [0.4, 0.5) is 17.6 Å². The van der Waals surface area contributed by atoms with E-state index in [0.717, 1.165) is 25.7 Å². The number of rotatable bonds is 28. The summed E-state index contributed by atoms with van der Waals surface area (Å²) in [5.41, 5.74) is 49.3. The number of alkyl halides is 4. The zero-order valence-electron chi connectivity index (χ0n) is 60.0. The van der Waals surface area contributed by atoms with Crippen molar-refractivity contribution in [3.8, 4) is 0 Å². The summed E-state index contributed by atoms with van der Waals surface area (Å²) < 4.78 is 108. The molecule has 8 heterocycles. The Balaban J connectivity index is 0.000000261. The summed E-state index contributed by atoms with van der Waals surface area (Å²) in [5, 5.41) is 43.1. The van der Waals surface area contributed by atoms with Crippen molar-refractivity contribution in [2.45, 2.75) is 203 Å². The molecule has 4 saturated heterocycles. The van der Waals surface area contributed by atoms with E-state index in [4.69, 9.17) is 82.2 Å². The summed E-state index contributed by atoms with van der Waals surface area (Å²) in [5.74, 6) is -3.32. The maximum absolute atomic E-state index is 15.7. The third kappa shape index (κ3) is 21.2. The fourth-order valence-corrected chi connectivity index (χ4v) is 10.7. The molecular formula is C63H88F4N24O17. The smallest absolute Gasteiger partial charge is 0.308 e. The van der Waals surface area contributed by atoms with E-state index >= 15 is 8.78 Å². The van der Waals surface area contributed by atoms with E-state index in [0.29, 0.717) is 12.8 Å².